The van der Waals surface area contributed by atoms with E-state index in [0.29, 0.717) is 82.6 Å². The van der Waals surface area contributed by atoms with E-state index in [0.717, 1.165) is 33.4 Å². The van der Waals surface area contributed by atoms with Crippen LogP contribution >= 0.6 is 0 Å². The minimum atomic E-state index is -2.36. The maximum Gasteiger partial charge on any atom is 0.322 e. The SMILES string of the molecule is CC[C@]1(O)CC2CN(CCc3c([nH]c4ccccc34)[C@@](C(=O)OC)(c3cc4c(cc3OC)N(C)C3C(O)(C(=O)NCC=C[C@@H](O)[C@H](N)CO)[C@H](O)[C@]5(CC)C=CCN6CCC43[C@@H]65)C2)C1. The molecular formula is C49H66N6O9. The molecule has 1 saturated carbocycles. The Labute approximate surface area is 374 Å². The molecule has 3 aromatic rings. The third-order valence-corrected chi connectivity index (χ3v) is 16.6. The molecule has 346 valence electrons. The van der Waals surface area contributed by atoms with Gasteiger partial charge in [0.05, 0.1) is 44.6 Å². The predicted octanol–water partition coefficient (Wildman–Crippen LogP) is 1.60. The van der Waals surface area contributed by atoms with Crippen LogP contribution in [0.2, 0.25) is 0 Å². The highest BCUT2D eigenvalue weighted by molar-refractivity contribution is 5.95. The number of para-hydroxylation sites is 1. The number of likely N-dealkylation sites (N-methyl/N-ethyl adjacent to an activating group) is 1. The van der Waals surface area contributed by atoms with Crippen molar-refractivity contribution in [2.45, 2.75) is 105 Å². The number of aromatic nitrogens is 1. The number of carbonyl (C=O) groups is 2. The van der Waals surface area contributed by atoms with E-state index in [1.54, 1.807) is 7.11 Å². The largest absolute Gasteiger partial charge is 0.496 e. The molecule has 1 spiro atoms. The molecule has 6 heterocycles. The van der Waals surface area contributed by atoms with E-state index < -0.39 is 70.2 Å². The van der Waals surface area contributed by atoms with Crippen molar-refractivity contribution in [1.29, 1.82) is 0 Å². The zero-order valence-electron chi connectivity index (χ0n) is 37.7. The first kappa shape index (κ1) is 44.9. The highest BCUT2D eigenvalue weighted by Crippen LogP contribution is 2.67. The molecule has 0 radical (unpaired) electrons. The summed E-state index contributed by atoms with van der Waals surface area (Å²) in [5.74, 6) is -0.900. The number of fused-ring (bicyclic) bond motifs is 6. The lowest BCUT2D eigenvalue weighted by atomic mass is 9.47. The summed E-state index contributed by atoms with van der Waals surface area (Å²) >= 11 is 0. The molecule has 15 heteroatoms. The lowest BCUT2D eigenvalue weighted by molar-refractivity contribution is -0.203. The van der Waals surface area contributed by atoms with Crippen molar-refractivity contribution in [1.82, 2.24) is 20.1 Å². The van der Waals surface area contributed by atoms with Crippen LogP contribution in [-0.2, 0) is 31.6 Å². The Morgan fingerprint density at radius 2 is 1.86 bits per heavy atom. The third kappa shape index (κ3) is 6.21. The molecule has 1 aliphatic carbocycles. The van der Waals surface area contributed by atoms with Gasteiger partial charge in [-0.25, -0.2) is 0 Å². The van der Waals surface area contributed by atoms with Gasteiger partial charge in [0.1, 0.15) is 17.3 Å². The van der Waals surface area contributed by atoms with Gasteiger partial charge in [-0.3, -0.25) is 19.4 Å². The number of amides is 1. The van der Waals surface area contributed by atoms with Gasteiger partial charge in [0.2, 0.25) is 0 Å². The standard InChI is InChI=1S/C49H66N6O9/c1-6-45(61)24-29-25-48(44(60)64-5,39-31(15-20-54(26-29)28-45)30-12-8-9-13-35(30)52-39)33-22-32-36(23-38(33)63-4)53(3)41-47(32)17-21-55-19-11-16-46(7-2,40(47)55)42(58)49(41,62)43(59)51-18-10-14-37(57)34(50)27-56/h8-14,16,22-23,29,34,37,40-42,52,56-58,61-62H,6-7,15,17-21,24-28,50H2,1-5H3,(H,51,59)/t29?,34-,37-,40+,41?,42-,45+,46-,47?,48+,49?/m1/s1. The molecule has 2 aromatic carbocycles. The number of piperidine rings is 1. The molecule has 1 aromatic heterocycles. The monoisotopic (exact) mass is 882 g/mol. The number of hydrogen-bond donors (Lipinski definition) is 8. The molecule has 2 saturated heterocycles. The van der Waals surface area contributed by atoms with Gasteiger partial charge in [0.25, 0.3) is 5.91 Å². The summed E-state index contributed by atoms with van der Waals surface area (Å²) in [5.41, 5.74) is 3.85. The van der Waals surface area contributed by atoms with Crippen LogP contribution in [0.4, 0.5) is 5.69 Å². The molecule has 1 amide bonds. The van der Waals surface area contributed by atoms with Gasteiger partial charge in [0, 0.05) is 90.6 Å². The van der Waals surface area contributed by atoms with Crippen molar-refractivity contribution >= 4 is 28.5 Å². The van der Waals surface area contributed by atoms with Gasteiger partial charge < -0.3 is 55.9 Å². The second-order valence-corrected chi connectivity index (χ2v) is 19.6. The number of H-pyrrole nitrogens is 1. The number of carbonyl (C=O) groups excluding carboxylic acids is 2. The van der Waals surface area contributed by atoms with Crippen LogP contribution in [0.5, 0.6) is 5.75 Å². The van der Waals surface area contributed by atoms with E-state index >= 15 is 4.79 Å². The molecule has 9 rings (SSSR count). The zero-order valence-corrected chi connectivity index (χ0v) is 37.7. The second kappa shape index (κ2) is 16.2. The highest BCUT2D eigenvalue weighted by Gasteiger charge is 2.78. The zero-order chi connectivity index (χ0) is 45.6. The maximum absolute atomic E-state index is 15.4. The van der Waals surface area contributed by atoms with E-state index in [1.807, 2.05) is 62.2 Å². The van der Waals surface area contributed by atoms with Gasteiger partial charge >= 0.3 is 5.97 Å². The average molecular weight is 883 g/mol. The first-order valence-electron chi connectivity index (χ1n) is 23.0. The van der Waals surface area contributed by atoms with Crippen LogP contribution in [0.15, 0.2) is 60.7 Å². The first-order chi connectivity index (χ1) is 30.6. The summed E-state index contributed by atoms with van der Waals surface area (Å²) in [5, 5.41) is 61.8. The Bertz CT molecular complexity index is 2370. The Kier molecular flexibility index (Phi) is 11.4. The highest BCUT2D eigenvalue weighted by atomic mass is 16.5. The maximum atomic E-state index is 15.4. The van der Waals surface area contributed by atoms with Gasteiger partial charge in [0.15, 0.2) is 5.60 Å². The minimum Gasteiger partial charge on any atom is -0.496 e. The van der Waals surface area contributed by atoms with E-state index in [9.17, 15) is 30.3 Å². The number of hydrogen-bond acceptors (Lipinski definition) is 13. The van der Waals surface area contributed by atoms with Crippen molar-refractivity contribution in [2.24, 2.45) is 17.1 Å². The van der Waals surface area contributed by atoms with Crippen molar-refractivity contribution in [3.05, 3.63) is 83.1 Å². The van der Waals surface area contributed by atoms with Gasteiger partial charge in [-0.2, -0.15) is 0 Å². The van der Waals surface area contributed by atoms with Gasteiger partial charge in [-0.1, -0.05) is 56.4 Å². The summed E-state index contributed by atoms with van der Waals surface area (Å²) in [7, 11) is 4.86. The molecule has 5 aliphatic heterocycles. The number of nitrogens with one attached hydrogen (secondary N) is 2. The number of rotatable bonds is 11. The van der Waals surface area contributed by atoms with Crippen molar-refractivity contribution in [2.75, 3.05) is 72.0 Å². The summed E-state index contributed by atoms with van der Waals surface area (Å²) < 4.78 is 12.3. The number of aromatic amines is 1. The second-order valence-electron chi connectivity index (χ2n) is 19.6. The van der Waals surface area contributed by atoms with Crippen molar-refractivity contribution in [3.8, 4) is 5.75 Å². The number of esters is 1. The van der Waals surface area contributed by atoms with E-state index in [1.165, 1.54) is 19.3 Å². The topological polar surface area (TPSA) is 217 Å². The Morgan fingerprint density at radius 1 is 1.08 bits per heavy atom. The molecule has 6 aliphatic rings. The summed E-state index contributed by atoms with van der Waals surface area (Å²) in [4.78, 5) is 40.6. The number of aliphatic hydroxyl groups excluding tert-OH is 3. The summed E-state index contributed by atoms with van der Waals surface area (Å²) in [6.45, 7) is 6.70. The normalized spacial score (nSPS) is 36.3. The fraction of sp³-hybridized carbons (Fsp3) is 0.592. The number of benzene rings is 2. The van der Waals surface area contributed by atoms with E-state index in [-0.39, 0.29) is 18.5 Å². The minimum absolute atomic E-state index is 0.0812. The molecule has 64 heavy (non-hydrogen) atoms. The summed E-state index contributed by atoms with van der Waals surface area (Å²) in [6, 6.07) is 9.92. The van der Waals surface area contributed by atoms with Crippen molar-refractivity contribution in [3.63, 3.8) is 0 Å². The smallest absolute Gasteiger partial charge is 0.322 e. The number of aliphatic hydroxyl groups is 5. The number of methoxy groups -OCH3 is 2. The first-order valence-corrected chi connectivity index (χ1v) is 23.0. The molecule has 12 atom stereocenters. The Morgan fingerprint density at radius 3 is 2.58 bits per heavy atom. The lowest BCUT2D eigenvalue weighted by Crippen LogP contribution is -2.81. The lowest BCUT2D eigenvalue weighted by Gasteiger charge is -2.63. The average Bonchev–Trinajstić information content (AvgIpc) is 3.97. The third-order valence-electron chi connectivity index (χ3n) is 16.6. The molecule has 9 N–H and O–H groups in total. The molecular weight excluding hydrogens is 817 g/mol. The Balaban J connectivity index is 1.27. The number of nitrogens with zero attached hydrogens (tertiary/aromatic N) is 3. The van der Waals surface area contributed by atoms with E-state index in [4.69, 9.17) is 15.2 Å². The van der Waals surface area contributed by atoms with Crippen LogP contribution in [0.25, 0.3) is 10.9 Å². The molecule has 3 fully saturated rings. The van der Waals surface area contributed by atoms with Gasteiger partial charge in [-0.05, 0) is 74.2 Å². The predicted molar refractivity (Wildman–Crippen MR) is 242 cm³/mol. The number of ether oxygens (including phenoxy) is 2. The Hall–Kier alpha value is -4.32. The van der Waals surface area contributed by atoms with Crippen LogP contribution in [0.3, 0.4) is 0 Å². The number of anilines is 1. The fourth-order valence-electron chi connectivity index (χ4n) is 13.8. The van der Waals surface area contributed by atoms with Crippen LogP contribution in [0.1, 0.15) is 68.3 Å². The van der Waals surface area contributed by atoms with E-state index in [2.05, 4.69) is 32.2 Å². The molecule has 15 nitrogen and oxygen atoms in total. The summed E-state index contributed by atoms with van der Waals surface area (Å²) in [6.07, 6.45) is 7.23. The van der Waals surface area contributed by atoms with Crippen LogP contribution < -0.4 is 20.7 Å². The quantitative estimate of drug-likeness (QED) is 0.102. The molecule has 2 bridgehead atoms. The van der Waals surface area contributed by atoms with Crippen LogP contribution in [0, 0.1) is 11.3 Å². The fourth-order valence-corrected chi connectivity index (χ4v) is 13.8. The van der Waals surface area contributed by atoms with Gasteiger partial charge in [-0.15, -0.1) is 0 Å². The number of nitrogens with two attached hydrogens (primary N) is 1. The molecule has 5 unspecified atom stereocenters. The van der Waals surface area contributed by atoms with Crippen LogP contribution in [-0.4, -0.2) is 161 Å². The van der Waals surface area contributed by atoms with Crippen molar-refractivity contribution < 1.29 is 44.6 Å².